The zero-order valence-electron chi connectivity index (χ0n) is 15.2. The quantitative estimate of drug-likeness (QED) is 0.784. The first-order valence-corrected chi connectivity index (χ1v) is 9.05. The Bertz CT molecular complexity index is 835. The molecule has 0 aliphatic carbocycles. The molecule has 2 aromatic rings. The summed E-state index contributed by atoms with van der Waals surface area (Å²) in [6.45, 7) is 0.453. The molecule has 1 amide bonds. The third kappa shape index (κ3) is 4.35. The predicted octanol–water partition coefficient (Wildman–Crippen LogP) is 4.30. The van der Waals surface area contributed by atoms with E-state index in [-0.39, 0.29) is 36.9 Å². The molecule has 1 saturated heterocycles. The Morgan fingerprint density at radius 1 is 1.11 bits per heavy atom. The van der Waals surface area contributed by atoms with E-state index in [4.69, 9.17) is 0 Å². The molecule has 1 aliphatic heterocycles. The van der Waals surface area contributed by atoms with Crippen LogP contribution >= 0.6 is 0 Å². The highest BCUT2D eigenvalue weighted by molar-refractivity contribution is 5.94. The van der Waals surface area contributed by atoms with Crippen molar-refractivity contribution in [2.75, 3.05) is 19.7 Å². The van der Waals surface area contributed by atoms with Gasteiger partial charge < -0.3 is 10.0 Å². The van der Waals surface area contributed by atoms with Crippen molar-refractivity contribution in [3.63, 3.8) is 0 Å². The van der Waals surface area contributed by atoms with E-state index in [1.807, 2.05) is 0 Å². The summed E-state index contributed by atoms with van der Waals surface area (Å²) < 4.78 is 52.2. The molecule has 150 valence electrons. The first kappa shape index (κ1) is 20.3. The number of hydrogen-bond donors (Lipinski definition) is 1. The predicted molar refractivity (Wildman–Crippen MR) is 96.2 cm³/mol. The van der Waals surface area contributed by atoms with Gasteiger partial charge in [-0.2, -0.15) is 13.2 Å². The van der Waals surface area contributed by atoms with E-state index >= 15 is 0 Å². The molecule has 28 heavy (non-hydrogen) atoms. The van der Waals surface area contributed by atoms with E-state index < -0.39 is 17.2 Å². The van der Waals surface area contributed by atoms with Crippen molar-refractivity contribution in [3.05, 3.63) is 71.0 Å². The number of aliphatic hydroxyl groups excluding tert-OH is 1. The van der Waals surface area contributed by atoms with Crippen LogP contribution in [0.4, 0.5) is 17.6 Å². The molecule has 1 aliphatic rings. The number of hydrogen-bond acceptors (Lipinski definition) is 2. The van der Waals surface area contributed by atoms with Crippen molar-refractivity contribution in [3.8, 4) is 0 Å². The second kappa shape index (κ2) is 7.91. The summed E-state index contributed by atoms with van der Waals surface area (Å²) in [6.07, 6.45) is -2.92. The highest BCUT2D eigenvalue weighted by atomic mass is 19.4. The van der Waals surface area contributed by atoms with Gasteiger partial charge in [-0.3, -0.25) is 4.79 Å². The summed E-state index contributed by atoms with van der Waals surface area (Å²) in [7, 11) is 0. The lowest BCUT2D eigenvalue weighted by Crippen LogP contribution is -2.49. The van der Waals surface area contributed by atoms with Gasteiger partial charge in [0.1, 0.15) is 5.82 Å². The van der Waals surface area contributed by atoms with Crippen molar-refractivity contribution in [2.45, 2.75) is 25.4 Å². The van der Waals surface area contributed by atoms with E-state index in [0.29, 0.717) is 24.9 Å². The number of carbonyl (C=O) groups excluding carboxylic acids is 1. The molecule has 7 heteroatoms. The molecule has 1 N–H and O–H groups in total. The average Bonchev–Trinajstić information content (AvgIpc) is 2.69. The fraction of sp³-hybridized carbons (Fsp3) is 0.381. The fourth-order valence-electron chi connectivity index (χ4n) is 3.74. The van der Waals surface area contributed by atoms with Gasteiger partial charge in [-0.1, -0.05) is 18.2 Å². The second-order valence-corrected chi connectivity index (χ2v) is 7.33. The number of halogens is 4. The fourth-order valence-corrected chi connectivity index (χ4v) is 3.74. The molecular formula is C21H21F4NO2. The maximum Gasteiger partial charge on any atom is 0.416 e. The minimum absolute atomic E-state index is 0.160. The van der Waals surface area contributed by atoms with Crippen LogP contribution in [0.5, 0.6) is 0 Å². The van der Waals surface area contributed by atoms with Gasteiger partial charge in [0.15, 0.2) is 0 Å². The number of carbonyl (C=O) groups is 1. The Morgan fingerprint density at radius 2 is 1.79 bits per heavy atom. The van der Waals surface area contributed by atoms with Crippen LogP contribution in [0.3, 0.4) is 0 Å². The maximum atomic E-state index is 14.1. The van der Waals surface area contributed by atoms with Crippen LogP contribution in [-0.4, -0.2) is 35.6 Å². The number of piperidine rings is 1. The SMILES string of the molecule is O=C(c1ccc(C(F)(F)F)cc1)N1CCC[C@@](CO)(Cc2ccccc2F)C1. The third-order valence-corrected chi connectivity index (χ3v) is 5.27. The van der Waals surface area contributed by atoms with Crippen LogP contribution in [-0.2, 0) is 12.6 Å². The Hall–Kier alpha value is -2.41. The Balaban J connectivity index is 1.77. The number of alkyl halides is 3. The number of aliphatic hydroxyl groups is 1. The molecule has 0 spiro atoms. The molecule has 0 saturated carbocycles. The monoisotopic (exact) mass is 395 g/mol. The Labute approximate surface area is 160 Å². The van der Waals surface area contributed by atoms with Gasteiger partial charge in [0, 0.05) is 24.1 Å². The topological polar surface area (TPSA) is 40.5 Å². The van der Waals surface area contributed by atoms with Gasteiger partial charge in [-0.05, 0) is 55.2 Å². The summed E-state index contributed by atoms with van der Waals surface area (Å²) >= 11 is 0. The second-order valence-electron chi connectivity index (χ2n) is 7.33. The molecule has 0 bridgehead atoms. The van der Waals surface area contributed by atoms with Crippen LogP contribution in [0.25, 0.3) is 0 Å². The maximum absolute atomic E-state index is 14.1. The lowest BCUT2D eigenvalue weighted by atomic mass is 9.75. The summed E-state index contributed by atoms with van der Waals surface area (Å²) in [6, 6.07) is 10.4. The highest BCUT2D eigenvalue weighted by Gasteiger charge is 2.38. The van der Waals surface area contributed by atoms with Crippen LogP contribution in [0.15, 0.2) is 48.5 Å². The van der Waals surface area contributed by atoms with Crippen LogP contribution in [0, 0.1) is 11.2 Å². The number of nitrogens with zero attached hydrogens (tertiary/aromatic N) is 1. The van der Waals surface area contributed by atoms with E-state index in [9.17, 15) is 27.5 Å². The van der Waals surface area contributed by atoms with Crippen molar-refractivity contribution in [1.82, 2.24) is 4.90 Å². The van der Waals surface area contributed by atoms with E-state index in [1.165, 1.54) is 11.0 Å². The largest absolute Gasteiger partial charge is 0.416 e. The van der Waals surface area contributed by atoms with Crippen molar-refractivity contribution in [2.24, 2.45) is 5.41 Å². The van der Waals surface area contributed by atoms with E-state index in [0.717, 1.165) is 24.3 Å². The van der Waals surface area contributed by atoms with Crippen LogP contribution in [0.1, 0.15) is 34.3 Å². The molecule has 1 heterocycles. The zero-order chi connectivity index (χ0) is 20.4. The summed E-state index contributed by atoms with van der Waals surface area (Å²) in [5, 5.41) is 10.0. The van der Waals surface area contributed by atoms with Gasteiger partial charge in [0.2, 0.25) is 0 Å². The van der Waals surface area contributed by atoms with Gasteiger partial charge in [-0.15, -0.1) is 0 Å². The molecule has 0 aromatic heterocycles. The van der Waals surface area contributed by atoms with Gasteiger partial charge in [0.05, 0.1) is 12.2 Å². The van der Waals surface area contributed by atoms with Crippen LogP contribution in [0.2, 0.25) is 0 Å². The summed E-state index contributed by atoms with van der Waals surface area (Å²) in [4.78, 5) is 14.3. The number of rotatable bonds is 4. The third-order valence-electron chi connectivity index (χ3n) is 5.27. The standard InChI is InChI=1S/C21H21F4NO2/c22-18-5-2-1-4-16(18)12-20(14-27)10-3-11-26(13-20)19(28)15-6-8-17(9-7-15)21(23,24)25/h1-2,4-9,27H,3,10-14H2/t20-/m1/s1. The normalized spacial score (nSPS) is 20.2. The van der Waals surface area contributed by atoms with Gasteiger partial charge in [-0.25, -0.2) is 4.39 Å². The number of amides is 1. The molecule has 1 atom stereocenters. The average molecular weight is 395 g/mol. The smallest absolute Gasteiger partial charge is 0.396 e. The molecule has 3 nitrogen and oxygen atoms in total. The highest BCUT2D eigenvalue weighted by Crippen LogP contribution is 2.35. The lowest BCUT2D eigenvalue weighted by molar-refractivity contribution is -0.137. The molecule has 0 radical (unpaired) electrons. The zero-order valence-corrected chi connectivity index (χ0v) is 15.2. The first-order chi connectivity index (χ1) is 13.2. The summed E-state index contributed by atoms with van der Waals surface area (Å²) in [5.41, 5.74) is -0.859. The lowest BCUT2D eigenvalue weighted by Gasteiger charge is -2.42. The van der Waals surface area contributed by atoms with Crippen molar-refractivity contribution in [1.29, 1.82) is 0 Å². The van der Waals surface area contributed by atoms with Gasteiger partial charge >= 0.3 is 6.18 Å². The molecule has 0 unspecified atom stereocenters. The van der Waals surface area contributed by atoms with E-state index in [1.54, 1.807) is 18.2 Å². The van der Waals surface area contributed by atoms with Crippen molar-refractivity contribution >= 4 is 5.91 Å². The number of likely N-dealkylation sites (tertiary alicyclic amines) is 1. The molecule has 1 fully saturated rings. The first-order valence-electron chi connectivity index (χ1n) is 9.05. The van der Waals surface area contributed by atoms with Crippen LogP contribution < -0.4 is 0 Å². The van der Waals surface area contributed by atoms with Crippen molar-refractivity contribution < 1.29 is 27.5 Å². The number of benzene rings is 2. The molecule has 2 aromatic carbocycles. The Kier molecular flexibility index (Phi) is 5.74. The minimum atomic E-state index is -4.46. The minimum Gasteiger partial charge on any atom is -0.396 e. The van der Waals surface area contributed by atoms with E-state index in [2.05, 4.69) is 0 Å². The van der Waals surface area contributed by atoms with Gasteiger partial charge in [0.25, 0.3) is 5.91 Å². The molecular weight excluding hydrogens is 374 g/mol. The molecule has 3 rings (SSSR count). The summed E-state index contributed by atoms with van der Waals surface area (Å²) in [5.74, 6) is -0.749. The Morgan fingerprint density at radius 3 is 2.39 bits per heavy atom.